The van der Waals surface area contributed by atoms with Crippen LogP contribution in [0, 0.1) is 0 Å². The van der Waals surface area contributed by atoms with Crippen molar-refractivity contribution in [3.63, 3.8) is 0 Å². The molecule has 2 heterocycles. The smallest absolute Gasteiger partial charge is 0.141 e. The van der Waals surface area contributed by atoms with Crippen molar-refractivity contribution in [2.75, 3.05) is 0 Å². The molecule has 0 spiro atoms. The number of hydrogen-bond acceptors (Lipinski definition) is 0. The zero-order valence-electron chi connectivity index (χ0n) is 40.4. The number of benzene rings is 10. The maximum Gasteiger partial charge on any atom is 0.141 e. The molecule has 0 aliphatic heterocycles. The van der Waals surface area contributed by atoms with Crippen LogP contribution in [0.15, 0.2) is 200 Å². The third-order valence-electron chi connectivity index (χ3n) is 15.5. The average molecular weight is 872 g/mol. The lowest BCUT2D eigenvalue weighted by molar-refractivity contribution is 1.18. The molecule has 0 N–H and O–H groups in total. The van der Waals surface area contributed by atoms with Gasteiger partial charge in [-0.2, -0.15) is 0 Å². The molecule has 0 aliphatic carbocycles. The maximum absolute atomic E-state index is 2.57. The fourth-order valence-corrected chi connectivity index (χ4v) is 11.6. The van der Waals surface area contributed by atoms with Crippen molar-refractivity contribution in [1.29, 1.82) is 0 Å². The number of rotatable bonds is 7. The fraction of sp³-hybridized carbons (Fsp3) is 0. The zero-order valence-corrected chi connectivity index (χ0v) is 40.4. The van der Waals surface area contributed by atoms with Crippen LogP contribution in [0.25, 0.3) is 111 Å². The van der Waals surface area contributed by atoms with Crippen LogP contribution in [0.3, 0.4) is 0 Å². The van der Waals surface area contributed by atoms with Crippen LogP contribution in [-0.2, 0) is 0 Å². The van der Waals surface area contributed by atoms with E-state index in [0.717, 1.165) is 5.69 Å². The van der Waals surface area contributed by atoms with Crippen LogP contribution in [0.4, 0.5) is 0 Å². The summed E-state index contributed by atoms with van der Waals surface area (Å²) < 4.78 is 5.11. The van der Waals surface area contributed by atoms with Gasteiger partial charge in [-0.15, -0.1) is 5.46 Å². The fourth-order valence-electron chi connectivity index (χ4n) is 11.6. The van der Waals surface area contributed by atoms with Crippen molar-refractivity contribution in [3.05, 3.63) is 200 Å². The SMILES string of the molecule is Bc1c(B)c(B)c2c(c1B)c1c(B)c(-c3ccc4c(c3)c3cccc(-c5ccccc5)c3n4-c3ccc(-c4ccccc4)cc3-c3ccccc3)c(B)c(B)c1n2-c1ccc(-c2ccccc2)cc1. The minimum absolute atomic E-state index is 1.16. The summed E-state index contributed by atoms with van der Waals surface area (Å²) in [5, 5.41) is 5.18. The Hall–Kier alpha value is -7.75. The second-order valence-corrected chi connectivity index (χ2v) is 19.0. The van der Waals surface area contributed by atoms with Gasteiger partial charge in [-0.3, -0.25) is 0 Å². The Morgan fingerprint density at radius 2 is 0.768 bits per heavy atom. The molecular weight excluding hydrogens is 824 g/mol. The lowest BCUT2D eigenvalue weighted by Crippen LogP contribution is -2.48. The third kappa shape index (κ3) is 6.73. The molecular formula is C60H47B7N2. The predicted octanol–water partition coefficient (Wildman–Crippen LogP) is 4.02. The van der Waals surface area contributed by atoms with Crippen molar-refractivity contribution in [2.45, 2.75) is 0 Å². The molecule has 0 bridgehead atoms. The standard InChI is InChI=1S/C60H47B7N2/c61-51-48(52(62)56(66)59-49(51)50-53(63)54(64)55(65)57(67)60(50)68(59)41-28-24-36(25-29-41)34-14-5-1-6-15-34)40-27-31-47-45(33-40)43-23-13-22-42(37-18-9-3-10-19-37)58(43)69(47)46-30-26-39(35-16-7-2-8-17-35)32-44(46)38-20-11-4-12-21-38/h1-33H,61-67H2. The van der Waals surface area contributed by atoms with Gasteiger partial charge in [-0.1, -0.05) is 197 Å². The molecule has 2 aromatic heterocycles. The summed E-state index contributed by atoms with van der Waals surface area (Å²) in [4.78, 5) is 0. The average Bonchev–Trinajstić information content (AvgIpc) is 3.94. The summed E-state index contributed by atoms with van der Waals surface area (Å²) in [6.07, 6.45) is 0. The summed E-state index contributed by atoms with van der Waals surface area (Å²) in [5.41, 5.74) is 28.9. The van der Waals surface area contributed by atoms with Gasteiger partial charge in [0.1, 0.15) is 54.9 Å². The number of hydrogen-bond donors (Lipinski definition) is 0. The Balaban J connectivity index is 1.13. The first kappa shape index (κ1) is 42.6. The van der Waals surface area contributed by atoms with E-state index in [9.17, 15) is 0 Å². The number of nitrogens with zero attached hydrogens (tertiary/aromatic N) is 2. The molecule has 0 saturated carbocycles. The van der Waals surface area contributed by atoms with Crippen molar-refractivity contribution < 1.29 is 0 Å². The van der Waals surface area contributed by atoms with Crippen LogP contribution in [-0.4, -0.2) is 64.1 Å². The Kier molecular flexibility index (Phi) is 10.4. The highest BCUT2D eigenvalue weighted by atomic mass is 15.0. The van der Waals surface area contributed by atoms with Crippen LogP contribution in [0.1, 0.15) is 0 Å². The minimum atomic E-state index is 1.16. The van der Waals surface area contributed by atoms with Crippen LogP contribution < -0.4 is 38.2 Å². The van der Waals surface area contributed by atoms with Crippen molar-refractivity contribution >= 4 is 137 Å². The van der Waals surface area contributed by atoms with Gasteiger partial charge in [0.25, 0.3) is 0 Å². The molecule has 318 valence electrons. The van der Waals surface area contributed by atoms with Crippen molar-refractivity contribution in [3.8, 4) is 67.0 Å². The second-order valence-electron chi connectivity index (χ2n) is 19.0. The van der Waals surface area contributed by atoms with E-state index in [4.69, 9.17) is 0 Å². The van der Waals surface area contributed by atoms with E-state index in [-0.39, 0.29) is 0 Å². The molecule has 0 saturated heterocycles. The van der Waals surface area contributed by atoms with E-state index < -0.39 is 0 Å². The first-order valence-corrected chi connectivity index (χ1v) is 24.3. The van der Waals surface area contributed by atoms with Crippen molar-refractivity contribution in [2.24, 2.45) is 0 Å². The molecule has 0 radical (unpaired) electrons. The summed E-state index contributed by atoms with van der Waals surface area (Å²) in [7, 11) is 16.3. The van der Waals surface area contributed by atoms with E-state index in [1.807, 2.05) is 0 Å². The Morgan fingerprint density at radius 3 is 1.39 bits per heavy atom. The molecule has 0 atom stereocenters. The highest BCUT2D eigenvalue weighted by Gasteiger charge is 2.26. The minimum Gasteiger partial charge on any atom is -0.310 e. The molecule has 0 aliphatic rings. The molecule has 10 aromatic carbocycles. The van der Waals surface area contributed by atoms with Gasteiger partial charge in [0.15, 0.2) is 0 Å². The maximum atomic E-state index is 2.57. The first-order chi connectivity index (χ1) is 33.7. The van der Waals surface area contributed by atoms with Gasteiger partial charge in [0, 0.05) is 44.0 Å². The Morgan fingerprint density at radius 1 is 0.275 bits per heavy atom. The second kappa shape index (κ2) is 16.8. The normalized spacial score (nSPS) is 11.6. The molecule has 69 heavy (non-hydrogen) atoms. The van der Waals surface area contributed by atoms with Crippen LogP contribution >= 0.6 is 0 Å². The molecule has 0 fully saturated rings. The van der Waals surface area contributed by atoms with Gasteiger partial charge in [0.2, 0.25) is 0 Å². The van der Waals surface area contributed by atoms with Gasteiger partial charge >= 0.3 is 0 Å². The largest absolute Gasteiger partial charge is 0.310 e. The topological polar surface area (TPSA) is 9.86 Å². The van der Waals surface area contributed by atoms with Gasteiger partial charge in [-0.05, 0) is 86.3 Å². The quantitative estimate of drug-likeness (QED) is 0.215. The lowest BCUT2D eigenvalue weighted by Gasteiger charge is -2.19. The van der Waals surface area contributed by atoms with E-state index in [1.165, 1.54) is 143 Å². The van der Waals surface area contributed by atoms with Gasteiger partial charge in [-0.25, -0.2) is 0 Å². The highest BCUT2D eigenvalue weighted by molar-refractivity contribution is 6.69. The van der Waals surface area contributed by atoms with Gasteiger partial charge in [0.05, 0.1) is 16.7 Å². The number of fused-ring (bicyclic) bond motifs is 6. The lowest BCUT2D eigenvalue weighted by atomic mass is 9.64. The molecule has 9 heteroatoms. The predicted molar refractivity (Wildman–Crippen MR) is 320 cm³/mol. The van der Waals surface area contributed by atoms with Crippen LogP contribution in [0.5, 0.6) is 0 Å². The monoisotopic (exact) mass is 872 g/mol. The van der Waals surface area contributed by atoms with E-state index in [0.29, 0.717) is 0 Å². The summed E-state index contributed by atoms with van der Waals surface area (Å²) in [5.74, 6) is 0. The molecule has 2 nitrogen and oxygen atoms in total. The van der Waals surface area contributed by atoms with E-state index in [2.05, 4.69) is 264 Å². The number of para-hydroxylation sites is 1. The Bertz CT molecular complexity index is 4000. The van der Waals surface area contributed by atoms with Crippen LogP contribution in [0.2, 0.25) is 0 Å². The third-order valence-corrected chi connectivity index (χ3v) is 15.5. The molecule has 0 unspecified atom stereocenters. The van der Waals surface area contributed by atoms with Gasteiger partial charge < -0.3 is 9.13 Å². The molecule has 12 aromatic rings. The summed E-state index contributed by atoms with van der Waals surface area (Å²) >= 11 is 0. The zero-order chi connectivity index (χ0) is 47.1. The molecule has 0 amide bonds. The van der Waals surface area contributed by atoms with Crippen molar-refractivity contribution in [1.82, 2.24) is 9.13 Å². The number of aromatic nitrogens is 2. The summed E-state index contributed by atoms with van der Waals surface area (Å²) in [6, 6.07) is 73.5. The summed E-state index contributed by atoms with van der Waals surface area (Å²) in [6.45, 7) is 0. The Labute approximate surface area is 410 Å². The van der Waals surface area contributed by atoms with E-state index >= 15 is 0 Å². The molecule has 12 rings (SSSR count). The first-order valence-electron chi connectivity index (χ1n) is 24.3. The van der Waals surface area contributed by atoms with E-state index in [1.54, 1.807) is 0 Å². The highest BCUT2D eigenvalue weighted by Crippen LogP contribution is 2.43.